The number of amides is 1. The molecular formula is C21H22ClN3O3. The summed E-state index contributed by atoms with van der Waals surface area (Å²) in [6.07, 6.45) is 2.47. The summed E-state index contributed by atoms with van der Waals surface area (Å²) in [7, 11) is 0. The predicted octanol–water partition coefficient (Wildman–Crippen LogP) is 4.26. The van der Waals surface area contributed by atoms with Crippen molar-refractivity contribution in [3.8, 4) is 6.07 Å². The number of carbonyl (C=O) groups is 2. The van der Waals surface area contributed by atoms with Crippen molar-refractivity contribution in [3.05, 3.63) is 57.9 Å². The smallest absolute Gasteiger partial charge is 0.349 e. The van der Waals surface area contributed by atoms with E-state index in [1.807, 2.05) is 26.0 Å². The number of anilines is 1. The molecule has 0 radical (unpaired) electrons. The van der Waals surface area contributed by atoms with E-state index in [-0.39, 0.29) is 5.57 Å². The molecule has 0 atom stereocenters. The van der Waals surface area contributed by atoms with Crippen LogP contribution in [0.4, 0.5) is 5.69 Å². The van der Waals surface area contributed by atoms with Gasteiger partial charge in [-0.05, 0) is 56.2 Å². The van der Waals surface area contributed by atoms with Gasteiger partial charge in [0.05, 0.1) is 0 Å². The summed E-state index contributed by atoms with van der Waals surface area (Å²) in [6.45, 7) is 6.36. The topological polar surface area (TPSA) is 84.1 Å². The average molecular weight is 400 g/mol. The van der Waals surface area contributed by atoms with Gasteiger partial charge in [-0.25, -0.2) is 4.79 Å². The number of aryl methyl sites for hydroxylation is 1. The first-order valence-electron chi connectivity index (χ1n) is 8.86. The molecule has 2 rings (SSSR count). The number of nitrogens with zero attached hydrogens (tertiary/aromatic N) is 2. The normalized spacial score (nSPS) is 11.0. The number of aromatic nitrogens is 1. The molecule has 1 heterocycles. The maximum absolute atomic E-state index is 12.2. The summed E-state index contributed by atoms with van der Waals surface area (Å²) in [6, 6.07) is 10.4. The van der Waals surface area contributed by atoms with Gasteiger partial charge >= 0.3 is 5.97 Å². The molecule has 0 aliphatic carbocycles. The molecule has 0 aliphatic rings. The average Bonchev–Trinajstić information content (AvgIpc) is 2.92. The first kappa shape index (κ1) is 21.3. The van der Waals surface area contributed by atoms with Gasteiger partial charge < -0.3 is 14.6 Å². The van der Waals surface area contributed by atoms with Crippen molar-refractivity contribution in [3.63, 3.8) is 0 Å². The van der Waals surface area contributed by atoms with Crippen LogP contribution in [0.1, 0.15) is 30.3 Å². The molecule has 6 nitrogen and oxygen atoms in total. The molecule has 0 saturated carbocycles. The van der Waals surface area contributed by atoms with Crippen LogP contribution in [0.15, 0.2) is 35.9 Å². The minimum atomic E-state index is -0.843. The van der Waals surface area contributed by atoms with Crippen molar-refractivity contribution in [1.82, 2.24) is 4.57 Å². The Morgan fingerprint density at radius 3 is 2.71 bits per heavy atom. The summed E-state index contributed by atoms with van der Waals surface area (Å²) >= 11 is 5.86. The summed E-state index contributed by atoms with van der Waals surface area (Å²) in [4.78, 5) is 24.1. The second-order valence-corrected chi connectivity index (χ2v) is 6.72. The molecule has 1 aromatic carbocycles. The summed E-state index contributed by atoms with van der Waals surface area (Å²) < 4.78 is 7.10. The number of ether oxygens (including phenoxy) is 1. The van der Waals surface area contributed by atoms with Crippen LogP contribution in [0.3, 0.4) is 0 Å². The number of carbonyl (C=O) groups excluding carboxylic acids is 2. The van der Waals surface area contributed by atoms with Gasteiger partial charge in [-0.2, -0.15) is 5.26 Å². The van der Waals surface area contributed by atoms with Gasteiger partial charge in [0.1, 0.15) is 11.6 Å². The Labute approximate surface area is 169 Å². The van der Waals surface area contributed by atoms with Crippen LogP contribution in [0.25, 0.3) is 6.08 Å². The zero-order valence-corrected chi connectivity index (χ0v) is 16.8. The fourth-order valence-electron chi connectivity index (χ4n) is 2.81. The van der Waals surface area contributed by atoms with E-state index in [1.165, 1.54) is 6.08 Å². The fraction of sp³-hybridized carbons (Fsp3) is 0.286. The third-order valence-electron chi connectivity index (χ3n) is 4.14. The largest absolute Gasteiger partial charge is 0.451 e. The Kier molecular flexibility index (Phi) is 7.42. The second kappa shape index (κ2) is 9.77. The van der Waals surface area contributed by atoms with Crippen molar-refractivity contribution >= 4 is 35.2 Å². The van der Waals surface area contributed by atoms with E-state index in [4.69, 9.17) is 16.3 Å². The number of halogens is 1. The van der Waals surface area contributed by atoms with E-state index in [9.17, 15) is 14.9 Å². The molecule has 0 bridgehead atoms. The number of hydrogen-bond acceptors (Lipinski definition) is 4. The predicted molar refractivity (Wildman–Crippen MR) is 109 cm³/mol. The Balaban J connectivity index is 2.03. The Morgan fingerprint density at radius 1 is 1.32 bits per heavy atom. The highest BCUT2D eigenvalue weighted by Crippen LogP contribution is 2.19. The van der Waals surface area contributed by atoms with E-state index >= 15 is 0 Å². The van der Waals surface area contributed by atoms with Gasteiger partial charge in [-0.1, -0.05) is 24.6 Å². The highest BCUT2D eigenvalue weighted by Gasteiger charge is 2.15. The van der Waals surface area contributed by atoms with Gasteiger partial charge in [-0.3, -0.25) is 4.79 Å². The molecule has 1 amide bonds. The van der Waals surface area contributed by atoms with Gasteiger partial charge in [0.25, 0.3) is 5.91 Å². The van der Waals surface area contributed by atoms with Crippen LogP contribution in [-0.4, -0.2) is 23.1 Å². The van der Waals surface area contributed by atoms with Crippen molar-refractivity contribution in [2.24, 2.45) is 0 Å². The Bertz CT molecular complexity index is 954. The van der Waals surface area contributed by atoms with Crippen molar-refractivity contribution in [1.29, 1.82) is 5.26 Å². The standard InChI is InChI=1S/C21H22ClN3O3/c1-4-8-25-14(2)9-16(15(25)3)10-17(12-23)21(27)28-13-20(26)24-19-7-5-6-18(22)11-19/h5-7,9-11H,4,8,13H2,1-3H3,(H,24,26)/b17-10+. The third-order valence-corrected chi connectivity index (χ3v) is 4.38. The monoisotopic (exact) mass is 399 g/mol. The maximum Gasteiger partial charge on any atom is 0.349 e. The van der Waals surface area contributed by atoms with Crippen LogP contribution in [0.2, 0.25) is 5.02 Å². The molecule has 28 heavy (non-hydrogen) atoms. The molecule has 0 fully saturated rings. The molecule has 7 heteroatoms. The number of benzene rings is 1. The van der Waals surface area contributed by atoms with Crippen LogP contribution in [0, 0.1) is 25.2 Å². The van der Waals surface area contributed by atoms with Crippen LogP contribution in [0.5, 0.6) is 0 Å². The molecule has 0 aliphatic heterocycles. The highest BCUT2D eigenvalue weighted by molar-refractivity contribution is 6.30. The number of rotatable bonds is 7. The lowest BCUT2D eigenvalue weighted by Crippen LogP contribution is -2.21. The third kappa shape index (κ3) is 5.48. The lowest BCUT2D eigenvalue weighted by molar-refractivity contribution is -0.142. The molecule has 0 spiro atoms. The molecule has 1 aromatic heterocycles. The number of nitriles is 1. The molecule has 1 N–H and O–H groups in total. The molecule has 2 aromatic rings. The lowest BCUT2D eigenvalue weighted by atomic mass is 10.1. The zero-order chi connectivity index (χ0) is 20.7. The van der Waals surface area contributed by atoms with E-state index in [0.717, 1.165) is 29.9 Å². The summed E-state index contributed by atoms with van der Waals surface area (Å²) in [5.41, 5.74) is 3.14. The number of esters is 1. The van der Waals surface area contributed by atoms with Crippen LogP contribution < -0.4 is 5.32 Å². The molecule has 0 unspecified atom stereocenters. The number of nitrogens with one attached hydrogen (secondary N) is 1. The fourth-order valence-corrected chi connectivity index (χ4v) is 3.00. The zero-order valence-electron chi connectivity index (χ0n) is 16.1. The highest BCUT2D eigenvalue weighted by atomic mass is 35.5. The second-order valence-electron chi connectivity index (χ2n) is 6.28. The van der Waals surface area contributed by atoms with Gasteiger partial charge in [0.15, 0.2) is 6.61 Å². The van der Waals surface area contributed by atoms with E-state index in [0.29, 0.717) is 10.7 Å². The van der Waals surface area contributed by atoms with Gasteiger partial charge in [0.2, 0.25) is 0 Å². The summed E-state index contributed by atoms with van der Waals surface area (Å²) in [5, 5.41) is 12.4. The SMILES string of the molecule is CCCn1c(C)cc(/C=C(\C#N)C(=O)OCC(=O)Nc2cccc(Cl)c2)c1C. The Hall–Kier alpha value is -3.04. The van der Waals surface area contributed by atoms with E-state index < -0.39 is 18.5 Å². The first-order valence-corrected chi connectivity index (χ1v) is 9.24. The minimum absolute atomic E-state index is 0.160. The van der Waals surface area contributed by atoms with Crippen LogP contribution >= 0.6 is 11.6 Å². The first-order chi connectivity index (χ1) is 13.3. The lowest BCUT2D eigenvalue weighted by Gasteiger charge is -2.07. The quantitative estimate of drug-likeness (QED) is 0.428. The van der Waals surface area contributed by atoms with E-state index in [2.05, 4.69) is 16.8 Å². The van der Waals surface area contributed by atoms with Gasteiger partial charge in [-0.15, -0.1) is 0 Å². The van der Waals surface area contributed by atoms with E-state index in [1.54, 1.807) is 24.3 Å². The van der Waals surface area contributed by atoms with Crippen molar-refractivity contribution < 1.29 is 14.3 Å². The van der Waals surface area contributed by atoms with Crippen molar-refractivity contribution in [2.45, 2.75) is 33.7 Å². The molecule has 146 valence electrons. The van der Waals surface area contributed by atoms with Crippen molar-refractivity contribution in [2.75, 3.05) is 11.9 Å². The maximum atomic E-state index is 12.2. The molecular weight excluding hydrogens is 378 g/mol. The minimum Gasteiger partial charge on any atom is -0.451 e. The van der Waals surface area contributed by atoms with Gasteiger partial charge in [0, 0.05) is 28.6 Å². The summed E-state index contributed by atoms with van der Waals surface area (Å²) in [5.74, 6) is -1.36. The number of hydrogen-bond donors (Lipinski definition) is 1. The molecule has 0 saturated heterocycles. The Morgan fingerprint density at radius 2 is 2.07 bits per heavy atom. The van der Waals surface area contributed by atoms with Crippen LogP contribution in [-0.2, 0) is 20.9 Å².